The zero-order valence-corrected chi connectivity index (χ0v) is 9.19. The van der Waals surface area contributed by atoms with Gasteiger partial charge in [0.15, 0.2) is 0 Å². The number of hydrogen-bond donors (Lipinski definition) is 0. The molecule has 2 bridgehead atoms. The van der Waals surface area contributed by atoms with Crippen LogP contribution in [0.5, 0.6) is 0 Å². The van der Waals surface area contributed by atoms with E-state index in [1.165, 1.54) is 0 Å². The van der Waals surface area contributed by atoms with E-state index in [-0.39, 0.29) is 12.8 Å². The molecule has 0 radical (unpaired) electrons. The van der Waals surface area contributed by atoms with Gasteiger partial charge in [-0.25, -0.2) is 8.78 Å². The average molecular weight is 253 g/mol. The summed E-state index contributed by atoms with van der Waals surface area (Å²) in [5.41, 5.74) is 0. The molecule has 0 spiro atoms. The van der Waals surface area contributed by atoms with Crippen molar-refractivity contribution in [3.63, 3.8) is 0 Å². The van der Waals surface area contributed by atoms with Crippen LogP contribution in [0.2, 0.25) is 0 Å². The second-order valence-corrected chi connectivity index (χ2v) is 5.37. The van der Waals surface area contributed by atoms with Gasteiger partial charge in [-0.2, -0.15) is 0 Å². The van der Waals surface area contributed by atoms with Gasteiger partial charge in [0.25, 0.3) is 0 Å². The van der Waals surface area contributed by atoms with Crippen LogP contribution in [0.25, 0.3) is 0 Å². The molecule has 3 heteroatoms. The predicted octanol–water partition coefficient (Wildman–Crippen LogP) is 3.84. The lowest BCUT2D eigenvalue weighted by Gasteiger charge is -2.41. The zero-order valence-electron chi connectivity index (χ0n) is 7.61. The largest absolute Gasteiger partial charge is 0.248 e. The first-order valence-electron chi connectivity index (χ1n) is 5.03. The Balaban J connectivity index is 2.01. The smallest absolute Gasteiger partial charge is 0.207 e. The van der Waals surface area contributed by atoms with Crippen molar-refractivity contribution >= 4 is 15.9 Å². The van der Waals surface area contributed by atoms with Gasteiger partial charge in [-0.3, -0.25) is 0 Å². The van der Waals surface area contributed by atoms with Crippen molar-refractivity contribution in [3.05, 3.63) is 0 Å². The third-order valence-corrected chi connectivity index (χ3v) is 4.31. The Morgan fingerprint density at radius 1 is 1.08 bits per heavy atom. The molecule has 76 valence electrons. The summed E-state index contributed by atoms with van der Waals surface area (Å²) >= 11 is 3.46. The van der Waals surface area contributed by atoms with Crippen LogP contribution in [-0.4, -0.2) is 11.3 Å². The molecule has 3 atom stereocenters. The summed E-state index contributed by atoms with van der Waals surface area (Å²) in [5.74, 6) is -1.11. The van der Waals surface area contributed by atoms with Crippen LogP contribution in [0.4, 0.5) is 8.78 Å². The van der Waals surface area contributed by atoms with Gasteiger partial charge in [0.1, 0.15) is 0 Å². The lowest BCUT2D eigenvalue weighted by molar-refractivity contribution is -0.0902. The molecule has 0 aliphatic heterocycles. The van der Waals surface area contributed by atoms with E-state index in [0.29, 0.717) is 17.8 Å². The molecule has 0 amide bonds. The van der Waals surface area contributed by atoms with E-state index in [1.807, 2.05) is 0 Å². The predicted molar refractivity (Wildman–Crippen MR) is 52.3 cm³/mol. The highest BCUT2D eigenvalue weighted by molar-refractivity contribution is 9.09. The number of rotatable bonds is 1. The fourth-order valence-corrected chi connectivity index (χ4v) is 3.62. The normalized spacial score (nSPS) is 43.2. The Morgan fingerprint density at radius 3 is 2.08 bits per heavy atom. The van der Waals surface area contributed by atoms with Gasteiger partial charge >= 0.3 is 0 Å². The first kappa shape index (κ1) is 9.88. The monoisotopic (exact) mass is 252 g/mol. The highest BCUT2D eigenvalue weighted by Gasteiger charge is 2.44. The Bertz CT molecular complexity index is 177. The molecule has 2 aliphatic carbocycles. The highest BCUT2D eigenvalue weighted by atomic mass is 79.9. The first-order chi connectivity index (χ1) is 6.09. The second-order valence-electron chi connectivity index (χ2n) is 4.72. The minimum Gasteiger partial charge on any atom is -0.207 e. The summed E-state index contributed by atoms with van der Waals surface area (Å²) in [5, 5.41) is 0.992. The van der Waals surface area contributed by atoms with Gasteiger partial charge in [-0.15, -0.1) is 0 Å². The molecule has 0 heterocycles. The van der Waals surface area contributed by atoms with Gasteiger partial charge < -0.3 is 0 Å². The Hall–Kier alpha value is 0.340. The summed E-state index contributed by atoms with van der Waals surface area (Å²) in [6, 6.07) is 0. The lowest BCUT2D eigenvalue weighted by Crippen LogP contribution is -2.37. The molecule has 2 fully saturated rings. The molecule has 2 saturated carbocycles. The SMILES string of the molecule is FC1(F)C[C@@H]2CC(CBr)C[C@@H](C2)C1. The van der Waals surface area contributed by atoms with Crippen molar-refractivity contribution in [3.8, 4) is 0 Å². The molecule has 0 N–H and O–H groups in total. The summed E-state index contributed by atoms with van der Waals surface area (Å²) in [6.45, 7) is 0. The fraction of sp³-hybridized carbons (Fsp3) is 1.00. The van der Waals surface area contributed by atoms with Crippen molar-refractivity contribution in [1.29, 1.82) is 0 Å². The van der Waals surface area contributed by atoms with Crippen molar-refractivity contribution in [2.24, 2.45) is 17.8 Å². The Kier molecular flexibility index (Phi) is 2.65. The molecule has 0 nitrogen and oxygen atoms in total. The van der Waals surface area contributed by atoms with Crippen LogP contribution in [-0.2, 0) is 0 Å². The van der Waals surface area contributed by atoms with Crippen LogP contribution in [0.1, 0.15) is 32.1 Å². The Labute approximate surface area is 86.2 Å². The molecule has 0 aromatic carbocycles. The number of halogens is 3. The molecule has 2 aliphatic rings. The van der Waals surface area contributed by atoms with Crippen LogP contribution in [0, 0.1) is 17.8 Å². The minimum absolute atomic E-state index is 0.146. The molecule has 0 aromatic heterocycles. The summed E-state index contributed by atoms with van der Waals surface area (Å²) < 4.78 is 26.3. The van der Waals surface area contributed by atoms with E-state index in [2.05, 4.69) is 15.9 Å². The van der Waals surface area contributed by atoms with Crippen molar-refractivity contribution in [1.82, 2.24) is 0 Å². The molecule has 2 rings (SSSR count). The minimum atomic E-state index is -2.36. The average Bonchev–Trinajstić information content (AvgIpc) is 1.99. The second kappa shape index (κ2) is 3.48. The molecule has 0 saturated heterocycles. The molecule has 1 unspecified atom stereocenters. The van der Waals surface area contributed by atoms with E-state index < -0.39 is 5.92 Å². The fourth-order valence-electron chi connectivity index (χ4n) is 3.09. The lowest BCUT2D eigenvalue weighted by atomic mass is 9.67. The molecule has 0 aromatic rings. The summed E-state index contributed by atoms with van der Waals surface area (Å²) in [4.78, 5) is 0. The van der Waals surface area contributed by atoms with Crippen LogP contribution in [0.3, 0.4) is 0 Å². The topological polar surface area (TPSA) is 0 Å². The van der Waals surface area contributed by atoms with Gasteiger partial charge in [0.2, 0.25) is 5.92 Å². The molecule has 13 heavy (non-hydrogen) atoms. The molecular weight excluding hydrogens is 238 g/mol. The zero-order chi connectivity index (χ0) is 9.47. The number of hydrogen-bond acceptors (Lipinski definition) is 0. The first-order valence-corrected chi connectivity index (χ1v) is 6.15. The van der Waals surface area contributed by atoms with Crippen LogP contribution in [0.15, 0.2) is 0 Å². The highest BCUT2D eigenvalue weighted by Crippen LogP contribution is 2.48. The van der Waals surface area contributed by atoms with E-state index in [4.69, 9.17) is 0 Å². The molecular formula is C10H15BrF2. The van der Waals surface area contributed by atoms with E-state index in [9.17, 15) is 8.78 Å². The summed E-state index contributed by atoms with van der Waals surface area (Å²) in [7, 11) is 0. The van der Waals surface area contributed by atoms with Gasteiger partial charge in [0.05, 0.1) is 0 Å². The quantitative estimate of drug-likeness (QED) is 0.623. The maximum atomic E-state index is 13.1. The Morgan fingerprint density at radius 2 is 1.62 bits per heavy atom. The third kappa shape index (κ3) is 2.23. The van der Waals surface area contributed by atoms with Crippen LogP contribution >= 0.6 is 15.9 Å². The van der Waals surface area contributed by atoms with Gasteiger partial charge in [0, 0.05) is 18.2 Å². The number of alkyl halides is 3. The van der Waals surface area contributed by atoms with Gasteiger partial charge in [-0.1, -0.05) is 15.9 Å². The maximum absolute atomic E-state index is 13.1. The van der Waals surface area contributed by atoms with Crippen molar-refractivity contribution in [2.75, 3.05) is 5.33 Å². The standard InChI is InChI=1S/C10H15BrF2/c11-6-9-2-7-1-8(3-9)5-10(12,13)4-7/h7-9H,1-6H2/t7-,8+,9?. The van der Waals surface area contributed by atoms with Crippen molar-refractivity contribution in [2.45, 2.75) is 38.0 Å². The summed E-state index contributed by atoms with van der Waals surface area (Å²) in [6.07, 6.45) is 3.37. The van der Waals surface area contributed by atoms with E-state index >= 15 is 0 Å². The van der Waals surface area contributed by atoms with Crippen molar-refractivity contribution < 1.29 is 8.78 Å². The number of fused-ring (bicyclic) bond motifs is 2. The third-order valence-electron chi connectivity index (χ3n) is 3.39. The maximum Gasteiger partial charge on any atom is 0.248 e. The van der Waals surface area contributed by atoms with E-state index in [0.717, 1.165) is 24.6 Å². The van der Waals surface area contributed by atoms with Crippen LogP contribution < -0.4 is 0 Å². The van der Waals surface area contributed by atoms with Gasteiger partial charge in [-0.05, 0) is 37.0 Å². The van der Waals surface area contributed by atoms with E-state index in [1.54, 1.807) is 0 Å².